The molecule has 1 aromatic rings. The van der Waals surface area contributed by atoms with Crippen LogP contribution in [0.4, 0.5) is 18.9 Å². The molecule has 1 heterocycles. The molecule has 8 nitrogen and oxygen atoms in total. The van der Waals surface area contributed by atoms with Crippen LogP contribution >= 0.6 is 0 Å². The number of anilines is 1. The number of hydrogen-bond donors (Lipinski definition) is 2. The first-order chi connectivity index (χ1) is 17.8. The highest BCUT2D eigenvalue weighted by molar-refractivity contribution is 5.99. The van der Waals surface area contributed by atoms with Gasteiger partial charge in [0.1, 0.15) is 5.75 Å². The number of rotatable bonds is 7. The fourth-order valence-electron chi connectivity index (χ4n) is 4.30. The first kappa shape index (κ1) is 31.8. The van der Waals surface area contributed by atoms with Crippen molar-refractivity contribution in [3.8, 4) is 5.75 Å². The van der Waals surface area contributed by atoms with Crippen LogP contribution in [0.5, 0.6) is 5.75 Å². The van der Waals surface area contributed by atoms with E-state index in [-0.39, 0.29) is 36.0 Å². The molecule has 0 spiro atoms. The maximum Gasteiger partial charge on any atom is 0.389 e. The molecule has 1 aromatic carbocycles. The van der Waals surface area contributed by atoms with Gasteiger partial charge >= 0.3 is 6.18 Å². The first-order valence-electron chi connectivity index (χ1n) is 13.2. The van der Waals surface area contributed by atoms with Crippen LogP contribution in [0.15, 0.2) is 18.2 Å². The summed E-state index contributed by atoms with van der Waals surface area (Å²) in [6.45, 7) is 6.93. The second-order valence-corrected chi connectivity index (χ2v) is 10.4. The number of nitrogens with one attached hydrogen (secondary N) is 1. The number of nitrogens with zero attached hydrogens (tertiary/aromatic N) is 2. The zero-order valence-electron chi connectivity index (χ0n) is 23.0. The van der Waals surface area contributed by atoms with Gasteiger partial charge < -0.3 is 29.7 Å². The van der Waals surface area contributed by atoms with E-state index in [4.69, 9.17) is 9.47 Å². The molecule has 2 rings (SSSR count). The predicted molar refractivity (Wildman–Crippen MR) is 139 cm³/mol. The number of likely N-dealkylation sites (N-methyl/N-ethyl adjacent to an activating group) is 1. The zero-order chi connectivity index (χ0) is 28.5. The Labute approximate surface area is 223 Å². The fourth-order valence-corrected chi connectivity index (χ4v) is 4.30. The topological polar surface area (TPSA) is 91.3 Å². The standard InChI is InChI=1S/C27H42F3N3O5/c1-18-15-33(19(2)17-34)26(36)22-14-21(31-25(35)11-12-27(28,29)30)9-10-23(22)38-20(3)8-6-7-13-37-24(18)16-32(4)5/h9-10,14,18-20,24,34H,6-8,11-13,15-17H2,1-5H3,(H,31,35)/t18-,19-,20+,24-/m0/s1. The summed E-state index contributed by atoms with van der Waals surface area (Å²) in [4.78, 5) is 29.6. The average molecular weight is 546 g/mol. The Morgan fingerprint density at radius 1 is 1.26 bits per heavy atom. The second-order valence-electron chi connectivity index (χ2n) is 10.4. The molecular formula is C27H42F3N3O5. The molecule has 0 radical (unpaired) electrons. The number of alkyl halides is 3. The van der Waals surface area contributed by atoms with E-state index in [0.29, 0.717) is 25.4 Å². The van der Waals surface area contributed by atoms with Crippen LogP contribution in [0.1, 0.15) is 63.2 Å². The van der Waals surface area contributed by atoms with Crippen molar-refractivity contribution in [3.05, 3.63) is 23.8 Å². The van der Waals surface area contributed by atoms with Crippen molar-refractivity contribution in [1.29, 1.82) is 0 Å². The molecule has 0 saturated heterocycles. The molecule has 11 heteroatoms. The highest BCUT2D eigenvalue weighted by atomic mass is 19.4. The molecule has 0 bridgehead atoms. The van der Waals surface area contributed by atoms with Crippen molar-refractivity contribution in [1.82, 2.24) is 9.80 Å². The molecule has 2 N–H and O–H groups in total. The third-order valence-corrected chi connectivity index (χ3v) is 6.52. The van der Waals surface area contributed by atoms with Crippen LogP contribution in [0.3, 0.4) is 0 Å². The highest BCUT2D eigenvalue weighted by Crippen LogP contribution is 2.29. The monoisotopic (exact) mass is 545 g/mol. The number of amides is 2. The van der Waals surface area contributed by atoms with Crippen molar-refractivity contribution in [2.24, 2.45) is 5.92 Å². The van der Waals surface area contributed by atoms with Gasteiger partial charge in [-0.05, 0) is 65.4 Å². The fraction of sp³-hybridized carbons (Fsp3) is 0.704. The minimum Gasteiger partial charge on any atom is -0.490 e. The molecule has 0 fully saturated rings. The van der Waals surface area contributed by atoms with E-state index in [0.717, 1.165) is 19.3 Å². The molecule has 216 valence electrons. The smallest absolute Gasteiger partial charge is 0.389 e. The van der Waals surface area contributed by atoms with E-state index in [9.17, 15) is 27.9 Å². The van der Waals surface area contributed by atoms with Crippen LogP contribution < -0.4 is 10.1 Å². The summed E-state index contributed by atoms with van der Waals surface area (Å²) in [7, 11) is 3.92. The number of halogens is 3. The van der Waals surface area contributed by atoms with E-state index >= 15 is 0 Å². The lowest BCUT2D eigenvalue weighted by atomic mass is 10.0. The maximum atomic E-state index is 13.9. The summed E-state index contributed by atoms with van der Waals surface area (Å²) < 4.78 is 49.9. The van der Waals surface area contributed by atoms with E-state index in [2.05, 4.69) is 5.32 Å². The van der Waals surface area contributed by atoms with Gasteiger partial charge in [-0.3, -0.25) is 9.59 Å². The van der Waals surface area contributed by atoms with Gasteiger partial charge in [-0.2, -0.15) is 13.2 Å². The quantitative estimate of drug-likeness (QED) is 0.530. The van der Waals surface area contributed by atoms with E-state index < -0.39 is 36.9 Å². The second kappa shape index (κ2) is 14.7. The number of fused-ring (bicyclic) bond motifs is 1. The predicted octanol–water partition coefficient (Wildman–Crippen LogP) is 4.32. The average Bonchev–Trinajstić information content (AvgIpc) is 2.83. The molecule has 0 aromatic heterocycles. The Morgan fingerprint density at radius 2 is 1.97 bits per heavy atom. The third-order valence-electron chi connectivity index (χ3n) is 6.52. The van der Waals surface area contributed by atoms with Crippen molar-refractivity contribution >= 4 is 17.5 Å². The lowest BCUT2D eigenvalue weighted by Gasteiger charge is -2.35. The van der Waals surface area contributed by atoms with Gasteiger partial charge in [-0.25, -0.2) is 0 Å². The third kappa shape index (κ3) is 10.4. The number of carbonyl (C=O) groups is 2. The lowest BCUT2D eigenvalue weighted by Crippen LogP contribution is -2.47. The summed E-state index contributed by atoms with van der Waals surface area (Å²) in [5, 5.41) is 12.4. The number of ether oxygens (including phenoxy) is 2. The normalized spacial score (nSPS) is 22.8. The van der Waals surface area contributed by atoms with Crippen LogP contribution in [-0.4, -0.2) is 91.5 Å². The largest absolute Gasteiger partial charge is 0.490 e. The molecule has 4 atom stereocenters. The Balaban J connectivity index is 2.43. The van der Waals surface area contributed by atoms with Gasteiger partial charge in [0, 0.05) is 37.7 Å². The molecule has 0 saturated carbocycles. The van der Waals surface area contributed by atoms with Crippen LogP contribution in [0, 0.1) is 5.92 Å². The highest BCUT2D eigenvalue weighted by Gasteiger charge is 2.31. The molecule has 1 aliphatic rings. The van der Waals surface area contributed by atoms with Crippen molar-refractivity contribution in [3.63, 3.8) is 0 Å². The van der Waals surface area contributed by atoms with Crippen LogP contribution in [0.2, 0.25) is 0 Å². The number of aliphatic hydroxyl groups excluding tert-OH is 1. The van der Waals surface area contributed by atoms with Crippen molar-refractivity contribution < 1.29 is 37.3 Å². The van der Waals surface area contributed by atoms with Crippen LogP contribution in [-0.2, 0) is 9.53 Å². The molecule has 38 heavy (non-hydrogen) atoms. The maximum absolute atomic E-state index is 13.9. The molecule has 0 unspecified atom stereocenters. The lowest BCUT2D eigenvalue weighted by molar-refractivity contribution is -0.142. The summed E-state index contributed by atoms with van der Waals surface area (Å²) in [6.07, 6.45) is -4.29. The van der Waals surface area contributed by atoms with E-state index in [1.54, 1.807) is 17.9 Å². The number of carbonyl (C=O) groups excluding carboxylic acids is 2. The minimum atomic E-state index is -4.44. The molecular weight excluding hydrogens is 503 g/mol. The molecule has 0 aliphatic carbocycles. The number of benzene rings is 1. The van der Waals surface area contributed by atoms with Crippen molar-refractivity contribution in [2.45, 2.75) is 77.3 Å². The van der Waals surface area contributed by atoms with E-state index in [1.807, 2.05) is 32.8 Å². The summed E-state index contributed by atoms with van der Waals surface area (Å²) in [5.74, 6) is -0.959. The molecule has 2 amide bonds. The van der Waals surface area contributed by atoms with Gasteiger partial charge in [0.2, 0.25) is 5.91 Å². The summed E-state index contributed by atoms with van der Waals surface area (Å²) >= 11 is 0. The Kier molecular flexibility index (Phi) is 12.3. The van der Waals surface area contributed by atoms with Gasteiger partial charge in [0.25, 0.3) is 5.91 Å². The van der Waals surface area contributed by atoms with Gasteiger partial charge in [0.05, 0.1) is 36.8 Å². The molecule has 1 aliphatic heterocycles. The van der Waals surface area contributed by atoms with Crippen LogP contribution in [0.25, 0.3) is 0 Å². The minimum absolute atomic E-state index is 0.0631. The Morgan fingerprint density at radius 3 is 2.61 bits per heavy atom. The summed E-state index contributed by atoms with van der Waals surface area (Å²) in [5.41, 5.74) is 0.361. The first-order valence-corrected chi connectivity index (χ1v) is 13.2. The summed E-state index contributed by atoms with van der Waals surface area (Å²) in [6, 6.07) is 3.97. The number of aliphatic hydroxyl groups is 1. The van der Waals surface area contributed by atoms with Crippen molar-refractivity contribution in [2.75, 3.05) is 45.7 Å². The Hall–Kier alpha value is -2.37. The van der Waals surface area contributed by atoms with E-state index in [1.165, 1.54) is 12.1 Å². The Bertz CT molecular complexity index is 912. The number of hydrogen-bond acceptors (Lipinski definition) is 6. The van der Waals surface area contributed by atoms with Gasteiger partial charge in [-0.15, -0.1) is 0 Å². The SMILES string of the molecule is C[C@@H]1CCCCO[C@@H](CN(C)C)[C@@H](C)CN([C@@H](C)CO)C(=O)c2cc(NC(=O)CCC(F)(F)F)ccc2O1. The van der Waals surface area contributed by atoms with Gasteiger partial charge in [0.15, 0.2) is 0 Å². The van der Waals surface area contributed by atoms with Gasteiger partial charge in [-0.1, -0.05) is 6.92 Å². The zero-order valence-corrected chi connectivity index (χ0v) is 23.0.